The molecule has 270 valence electrons. The normalized spacial score (nSPS) is 17.9. The van der Waals surface area contributed by atoms with Gasteiger partial charge in [0.2, 0.25) is 11.5 Å². The van der Waals surface area contributed by atoms with E-state index in [4.69, 9.17) is 33.2 Å². The van der Waals surface area contributed by atoms with Crippen LogP contribution in [0.15, 0.2) is 36.4 Å². The van der Waals surface area contributed by atoms with Crippen molar-refractivity contribution in [2.24, 2.45) is 0 Å². The van der Waals surface area contributed by atoms with E-state index in [0.717, 1.165) is 71.3 Å². The molecule has 0 bridgehead atoms. The lowest BCUT2D eigenvalue weighted by atomic mass is 9.76. The largest absolute Gasteiger partial charge is 0.504 e. The van der Waals surface area contributed by atoms with E-state index >= 15 is 0 Å². The molecule has 0 aromatic heterocycles. The molecule has 4 aromatic rings. The van der Waals surface area contributed by atoms with Crippen molar-refractivity contribution >= 4 is 0 Å². The van der Waals surface area contributed by atoms with Gasteiger partial charge in [-0.1, -0.05) is 6.07 Å². The van der Waals surface area contributed by atoms with Crippen molar-refractivity contribution in [2.45, 2.75) is 37.8 Å². The van der Waals surface area contributed by atoms with Crippen LogP contribution in [0.1, 0.15) is 45.5 Å². The van der Waals surface area contributed by atoms with Crippen molar-refractivity contribution < 1.29 is 43.4 Å². The van der Waals surface area contributed by atoms with Gasteiger partial charge in [-0.15, -0.1) is 0 Å². The van der Waals surface area contributed by atoms with Crippen molar-refractivity contribution in [1.82, 2.24) is 9.80 Å². The number of nitrogens with zero attached hydrogens (tertiary/aromatic N) is 2. The van der Waals surface area contributed by atoms with Crippen molar-refractivity contribution in [2.75, 3.05) is 69.8 Å². The molecule has 11 nitrogen and oxygen atoms in total. The van der Waals surface area contributed by atoms with Crippen LogP contribution >= 0.6 is 0 Å². The first-order valence-electron chi connectivity index (χ1n) is 17.1. The van der Waals surface area contributed by atoms with Crippen LogP contribution in [0.2, 0.25) is 0 Å². The second-order valence-electron chi connectivity index (χ2n) is 13.4. The topological polar surface area (TPSA) is 112 Å². The molecule has 0 amide bonds. The van der Waals surface area contributed by atoms with Crippen LogP contribution in [-0.2, 0) is 25.7 Å². The van der Waals surface area contributed by atoms with E-state index in [0.29, 0.717) is 46.7 Å². The van der Waals surface area contributed by atoms with Crippen LogP contribution < -0.4 is 33.2 Å². The van der Waals surface area contributed by atoms with Gasteiger partial charge >= 0.3 is 0 Å². The fourth-order valence-corrected chi connectivity index (χ4v) is 8.23. The van der Waals surface area contributed by atoms with Crippen LogP contribution in [0.5, 0.6) is 57.5 Å². The molecule has 3 aliphatic rings. The van der Waals surface area contributed by atoms with Gasteiger partial charge in [0.1, 0.15) is 0 Å². The molecule has 51 heavy (non-hydrogen) atoms. The second-order valence-corrected chi connectivity index (χ2v) is 13.4. The molecule has 11 heteroatoms. The fourth-order valence-electron chi connectivity index (χ4n) is 8.23. The number of benzene rings is 4. The van der Waals surface area contributed by atoms with Gasteiger partial charge in [0.05, 0.1) is 42.7 Å². The predicted octanol–water partition coefficient (Wildman–Crippen LogP) is 6.47. The Morgan fingerprint density at radius 3 is 2.04 bits per heavy atom. The lowest BCUT2D eigenvalue weighted by Gasteiger charge is -2.41. The van der Waals surface area contributed by atoms with Gasteiger partial charge < -0.3 is 43.4 Å². The maximum absolute atomic E-state index is 11.6. The van der Waals surface area contributed by atoms with Crippen LogP contribution in [0, 0.1) is 0 Å². The summed E-state index contributed by atoms with van der Waals surface area (Å²) >= 11 is 0. The Bertz CT molecular complexity index is 1990. The van der Waals surface area contributed by atoms with Crippen LogP contribution in [0.4, 0.5) is 0 Å². The van der Waals surface area contributed by atoms with Gasteiger partial charge in [0, 0.05) is 41.9 Å². The maximum atomic E-state index is 11.6. The summed E-state index contributed by atoms with van der Waals surface area (Å²) in [5.41, 5.74) is 8.16. The zero-order valence-corrected chi connectivity index (χ0v) is 30.5. The number of hydrogen-bond donors (Lipinski definition) is 2. The third-order valence-corrected chi connectivity index (χ3v) is 10.9. The van der Waals surface area contributed by atoms with Gasteiger partial charge in [0.15, 0.2) is 46.0 Å². The molecule has 0 fully saturated rings. The molecule has 2 unspecified atom stereocenters. The van der Waals surface area contributed by atoms with E-state index in [1.165, 1.54) is 12.7 Å². The molecule has 0 saturated heterocycles. The lowest BCUT2D eigenvalue weighted by molar-refractivity contribution is 0.222. The predicted molar refractivity (Wildman–Crippen MR) is 193 cm³/mol. The number of rotatable bonds is 10. The van der Waals surface area contributed by atoms with Gasteiger partial charge in [-0.05, 0) is 97.9 Å². The number of phenolic OH excluding ortho intramolecular Hbond substituents is 2. The van der Waals surface area contributed by atoms with Crippen molar-refractivity contribution in [3.63, 3.8) is 0 Å². The number of fused-ring (bicyclic) bond motifs is 3. The fraction of sp³-hybridized carbons (Fsp3) is 0.400. The van der Waals surface area contributed by atoms with Crippen molar-refractivity contribution in [1.29, 1.82) is 0 Å². The van der Waals surface area contributed by atoms with Crippen LogP contribution in [0.25, 0.3) is 11.1 Å². The Balaban J connectivity index is 1.35. The zero-order chi connectivity index (χ0) is 36.1. The molecular weight excluding hydrogens is 652 g/mol. The minimum absolute atomic E-state index is 0.0731. The summed E-state index contributed by atoms with van der Waals surface area (Å²) in [4.78, 5) is 4.62. The molecule has 0 saturated carbocycles. The van der Waals surface area contributed by atoms with Gasteiger partial charge in [-0.3, -0.25) is 9.80 Å². The molecule has 4 aromatic carbocycles. The summed E-state index contributed by atoms with van der Waals surface area (Å²) in [5.74, 6) is 3.86. The minimum atomic E-state index is -0.105. The Labute approximate surface area is 298 Å². The molecule has 1 aliphatic carbocycles. The first-order valence-corrected chi connectivity index (χ1v) is 17.1. The Hall–Kier alpha value is -5.00. The standard InChI is InChI=1S/C40H46N2O9/c1-41-13-11-21-17-31(46-4)29(43)19-25(21)27(41)15-22-9-10-30(45-3)36(44)37(22)51-33-18-23-16-28-34-24(12-14-42(28)2)38(48-6)40(50-8)39(49-7)35(34)26(23)20-32(33)47-5/h9-10,17-20,27-28,43-44H,11-16H2,1-8H3. The number of hydrogen-bond acceptors (Lipinski definition) is 11. The van der Waals surface area contributed by atoms with E-state index in [9.17, 15) is 10.2 Å². The monoisotopic (exact) mass is 698 g/mol. The molecule has 0 radical (unpaired) electrons. The minimum Gasteiger partial charge on any atom is -0.504 e. The quantitative estimate of drug-likeness (QED) is 0.190. The van der Waals surface area contributed by atoms with E-state index in [2.05, 4.69) is 23.9 Å². The number of likely N-dealkylation sites (N-methyl/N-ethyl adjacent to an activating group) is 2. The Morgan fingerprint density at radius 1 is 0.667 bits per heavy atom. The van der Waals surface area contributed by atoms with Crippen molar-refractivity contribution in [3.05, 3.63) is 69.8 Å². The highest BCUT2D eigenvalue weighted by Crippen LogP contribution is 2.58. The third-order valence-electron chi connectivity index (χ3n) is 10.9. The summed E-state index contributed by atoms with van der Waals surface area (Å²) < 4.78 is 41.5. The molecule has 2 N–H and O–H groups in total. The zero-order valence-electron chi connectivity index (χ0n) is 30.5. The highest BCUT2D eigenvalue weighted by molar-refractivity contribution is 5.87. The van der Waals surface area contributed by atoms with Gasteiger partial charge in [0.25, 0.3) is 0 Å². The first kappa shape index (κ1) is 34.4. The molecule has 2 atom stereocenters. The SMILES string of the molecule is COc1cc2c(cc1O)C(Cc1ccc(OC)c(O)c1Oc1cc3c(cc1OC)-c1c(OC)c(OC)c(OC)c4c1C(C3)N(C)CC4)N(C)CC2. The van der Waals surface area contributed by atoms with E-state index in [-0.39, 0.29) is 29.3 Å². The summed E-state index contributed by atoms with van der Waals surface area (Å²) in [6.07, 6.45) is 2.86. The number of aromatic hydroxyl groups is 2. The van der Waals surface area contributed by atoms with E-state index in [1.54, 1.807) is 47.7 Å². The molecular formula is C40H46N2O9. The average molecular weight is 699 g/mol. The second kappa shape index (κ2) is 13.6. The van der Waals surface area contributed by atoms with Crippen molar-refractivity contribution in [3.8, 4) is 68.6 Å². The van der Waals surface area contributed by atoms with Gasteiger partial charge in [-0.2, -0.15) is 0 Å². The third kappa shape index (κ3) is 5.59. The highest BCUT2D eigenvalue weighted by atomic mass is 16.5. The van der Waals surface area contributed by atoms with Crippen LogP contribution in [-0.4, -0.2) is 89.9 Å². The summed E-state index contributed by atoms with van der Waals surface area (Å²) in [7, 11) is 13.8. The maximum Gasteiger partial charge on any atom is 0.204 e. The van der Waals surface area contributed by atoms with Crippen LogP contribution in [0.3, 0.4) is 0 Å². The smallest absolute Gasteiger partial charge is 0.204 e. The molecule has 0 spiro atoms. The lowest BCUT2D eigenvalue weighted by Crippen LogP contribution is -2.36. The summed E-state index contributed by atoms with van der Waals surface area (Å²) in [6, 6.07) is 11.3. The molecule has 2 aliphatic heterocycles. The number of methoxy groups -OCH3 is 6. The Morgan fingerprint density at radius 2 is 1.35 bits per heavy atom. The van der Waals surface area contributed by atoms with E-state index in [1.807, 2.05) is 24.3 Å². The average Bonchev–Trinajstić information content (AvgIpc) is 3.14. The summed E-state index contributed by atoms with van der Waals surface area (Å²) in [6.45, 7) is 1.68. The molecule has 2 heterocycles. The highest BCUT2D eigenvalue weighted by Gasteiger charge is 2.40. The molecule has 7 rings (SSSR count). The number of ether oxygens (including phenoxy) is 7. The Kier molecular flexibility index (Phi) is 9.19. The number of phenols is 2. The van der Waals surface area contributed by atoms with E-state index < -0.39 is 0 Å². The summed E-state index contributed by atoms with van der Waals surface area (Å²) in [5, 5.41) is 22.3. The first-order chi connectivity index (χ1) is 24.7. The van der Waals surface area contributed by atoms with Gasteiger partial charge in [-0.25, -0.2) is 0 Å².